The summed E-state index contributed by atoms with van der Waals surface area (Å²) in [6.45, 7) is 7.40. The van der Waals surface area contributed by atoms with Crippen LogP contribution in [0.25, 0.3) is 0 Å². The van der Waals surface area contributed by atoms with E-state index in [1.807, 2.05) is 20.8 Å². The number of ether oxygens (including phenoxy) is 1. The zero-order chi connectivity index (χ0) is 14.1. The number of piperidine rings is 2. The van der Waals surface area contributed by atoms with Gasteiger partial charge in [-0.15, -0.1) is 0 Å². The van der Waals surface area contributed by atoms with Gasteiger partial charge in [-0.05, 0) is 46.6 Å². The van der Waals surface area contributed by atoms with Gasteiger partial charge in [0, 0.05) is 18.5 Å². The smallest absolute Gasteiger partial charge is 0.410 e. The summed E-state index contributed by atoms with van der Waals surface area (Å²) < 4.78 is 19.0. The molecule has 1 amide bonds. The van der Waals surface area contributed by atoms with E-state index in [0.29, 0.717) is 13.1 Å². The normalized spacial score (nSPS) is 31.8. The molecule has 0 spiro atoms. The SMILES string of the molecule is CC(C)(C)OC(=O)N1CCCC2(CF)CCNCC12. The Morgan fingerprint density at radius 1 is 1.47 bits per heavy atom. The van der Waals surface area contributed by atoms with Gasteiger partial charge in [-0.25, -0.2) is 4.79 Å². The lowest BCUT2D eigenvalue weighted by Gasteiger charge is -2.51. The molecule has 2 rings (SSSR count). The fourth-order valence-electron chi connectivity index (χ4n) is 3.21. The van der Waals surface area contributed by atoms with E-state index in [4.69, 9.17) is 4.74 Å². The molecule has 4 nitrogen and oxygen atoms in total. The van der Waals surface area contributed by atoms with Gasteiger partial charge in [-0.2, -0.15) is 0 Å². The largest absolute Gasteiger partial charge is 0.444 e. The Labute approximate surface area is 114 Å². The molecule has 5 heteroatoms. The minimum atomic E-state index is -0.505. The average molecular weight is 272 g/mol. The third kappa shape index (κ3) is 3.02. The number of hydrogen-bond acceptors (Lipinski definition) is 3. The number of nitrogens with one attached hydrogen (secondary N) is 1. The highest BCUT2D eigenvalue weighted by atomic mass is 19.1. The fourth-order valence-corrected chi connectivity index (χ4v) is 3.21. The molecule has 0 radical (unpaired) electrons. The number of carbonyl (C=O) groups excluding carboxylic acids is 1. The van der Waals surface area contributed by atoms with Crippen LogP contribution in [0.3, 0.4) is 0 Å². The second-order valence-corrected chi connectivity index (χ2v) is 6.74. The molecule has 0 saturated carbocycles. The second kappa shape index (κ2) is 5.27. The third-order valence-corrected chi connectivity index (χ3v) is 4.19. The lowest BCUT2D eigenvalue weighted by Crippen LogP contribution is -2.63. The van der Waals surface area contributed by atoms with Crippen molar-refractivity contribution in [2.75, 3.05) is 26.3 Å². The zero-order valence-electron chi connectivity index (χ0n) is 12.2. The molecule has 2 heterocycles. The summed E-state index contributed by atoms with van der Waals surface area (Å²) in [4.78, 5) is 14.0. The molecular weight excluding hydrogens is 247 g/mol. The highest BCUT2D eigenvalue weighted by Gasteiger charge is 2.48. The number of rotatable bonds is 1. The van der Waals surface area contributed by atoms with E-state index in [-0.39, 0.29) is 24.2 Å². The van der Waals surface area contributed by atoms with E-state index >= 15 is 0 Å². The van der Waals surface area contributed by atoms with Crippen LogP contribution in [-0.4, -0.2) is 48.9 Å². The Morgan fingerprint density at radius 2 is 2.21 bits per heavy atom. The van der Waals surface area contributed by atoms with Crippen LogP contribution >= 0.6 is 0 Å². The molecule has 2 fully saturated rings. The number of alkyl halides is 1. The summed E-state index contributed by atoms with van der Waals surface area (Å²) in [7, 11) is 0. The number of likely N-dealkylation sites (tertiary alicyclic amines) is 1. The summed E-state index contributed by atoms with van der Waals surface area (Å²) in [5.74, 6) is 0. The Hall–Kier alpha value is -0.840. The van der Waals surface area contributed by atoms with Gasteiger partial charge in [-0.3, -0.25) is 4.39 Å². The molecule has 1 N–H and O–H groups in total. The molecule has 2 aliphatic heterocycles. The number of halogens is 1. The highest BCUT2D eigenvalue weighted by Crippen LogP contribution is 2.41. The molecular formula is C14H25FN2O2. The maximum atomic E-state index is 13.6. The van der Waals surface area contributed by atoms with Crippen molar-refractivity contribution in [1.29, 1.82) is 0 Å². The first-order valence-electron chi connectivity index (χ1n) is 7.14. The Balaban J connectivity index is 2.14. The quantitative estimate of drug-likeness (QED) is 0.796. The molecule has 2 aliphatic rings. The van der Waals surface area contributed by atoms with E-state index in [2.05, 4.69) is 5.32 Å². The van der Waals surface area contributed by atoms with Crippen molar-refractivity contribution in [3.63, 3.8) is 0 Å². The molecule has 2 unspecified atom stereocenters. The van der Waals surface area contributed by atoms with Crippen molar-refractivity contribution in [3.05, 3.63) is 0 Å². The topological polar surface area (TPSA) is 41.6 Å². The predicted molar refractivity (Wildman–Crippen MR) is 71.9 cm³/mol. The van der Waals surface area contributed by atoms with E-state index in [9.17, 15) is 9.18 Å². The third-order valence-electron chi connectivity index (χ3n) is 4.19. The van der Waals surface area contributed by atoms with Gasteiger partial charge in [0.15, 0.2) is 0 Å². The Morgan fingerprint density at radius 3 is 2.84 bits per heavy atom. The van der Waals surface area contributed by atoms with Gasteiger partial charge < -0.3 is 15.0 Å². The van der Waals surface area contributed by atoms with Crippen LogP contribution in [0.15, 0.2) is 0 Å². The molecule has 2 atom stereocenters. The number of fused-ring (bicyclic) bond motifs is 1. The summed E-state index contributed by atoms with van der Waals surface area (Å²) in [6, 6.07) is -0.0742. The van der Waals surface area contributed by atoms with Gasteiger partial charge in [-0.1, -0.05) is 0 Å². The van der Waals surface area contributed by atoms with Gasteiger partial charge in [0.25, 0.3) is 0 Å². The number of carbonyl (C=O) groups is 1. The van der Waals surface area contributed by atoms with Crippen LogP contribution in [-0.2, 0) is 4.74 Å². The molecule has 0 aliphatic carbocycles. The first kappa shape index (κ1) is 14.6. The number of amides is 1. The maximum absolute atomic E-state index is 13.6. The number of nitrogens with zero attached hydrogens (tertiary/aromatic N) is 1. The van der Waals surface area contributed by atoms with Crippen molar-refractivity contribution in [2.24, 2.45) is 5.41 Å². The fraction of sp³-hybridized carbons (Fsp3) is 0.929. The van der Waals surface area contributed by atoms with Gasteiger partial charge in [0.2, 0.25) is 0 Å². The van der Waals surface area contributed by atoms with Crippen LogP contribution < -0.4 is 5.32 Å². The minimum absolute atomic E-state index is 0.0742. The van der Waals surface area contributed by atoms with E-state index in [1.54, 1.807) is 4.90 Å². The Bertz CT molecular complexity index is 339. The van der Waals surface area contributed by atoms with Crippen molar-refractivity contribution >= 4 is 6.09 Å². The van der Waals surface area contributed by atoms with Crippen LogP contribution in [0.2, 0.25) is 0 Å². The van der Waals surface area contributed by atoms with Crippen molar-refractivity contribution in [2.45, 2.75) is 51.7 Å². The molecule has 0 aromatic carbocycles. The van der Waals surface area contributed by atoms with Crippen LogP contribution in [0, 0.1) is 5.41 Å². The highest BCUT2D eigenvalue weighted by molar-refractivity contribution is 5.69. The van der Waals surface area contributed by atoms with E-state index in [0.717, 1.165) is 25.8 Å². The van der Waals surface area contributed by atoms with Crippen LogP contribution in [0.1, 0.15) is 40.0 Å². The lowest BCUT2D eigenvalue weighted by molar-refractivity contribution is -0.0437. The first-order chi connectivity index (χ1) is 8.88. The standard InChI is InChI=1S/C14H25FN2O2/c1-13(2,3)19-12(18)17-8-4-5-14(10-15)6-7-16-9-11(14)17/h11,16H,4-10H2,1-3H3. The second-order valence-electron chi connectivity index (χ2n) is 6.74. The zero-order valence-corrected chi connectivity index (χ0v) is 12.2. The summed E-state index contributed by atoms with van der Waals surface area (Å²) in [5, 5.41) is 3.27. The van der Waals surface area contributed by atoms with Crippen molar-refractivity contribution < 1.29 is 13.9 Å². The van der Waals surface area contributed by atoms with Gasteiger partial charge in [0.05, 0.1) is 12.7 Å². The van der Waals surface area contributed by atoms with Crippen LogP contribution in [0.5, 0.6) is 0 Å². The number of hydrogen-bond donors (Lipinski definition) is 1. The molecule has 0 bridgehead atoms. The predicted octanol–water partition coefficient (Wildman–Crippen LogP) is 2.34. The van der Waals surface area contributed by atoms with Crippen molar-refractivity contribution in [1.82, 2.24) is 10.2 Å². The molecule has 0 aromatic heterocycles. The van der Waals surface area contributed by atoms with E-state index in [1.165, 1.54) is 0 Å². The van der Waals surface area contributed by atoms with Gasteiger partial charge >= 0.3 is 6.09 Å². The maximum Gasteiger partial charge on any atom is 0.410 e. The monoisotopic (exact) mass is 272 g/mol. The molecule has 2 saturated heterocycles. The molecule has 110 valence electrons. The van der Waals surface area contributed by atoms with Crippen molar-refractivity contribution in [3.8, 4) is 0 Å². The average Bonchev–Trinajstić information content (AvgIpc) is 2.35. The first-order valence-corrected chi connectivity index (χ1v) is 7.14. The molecule has 0 aromatic rings. The lowest BCUT2D eigenvalue weighted by atomic mass is 9.70. The minimum Gasteiger partial charge on any atom is -0.444 e. The van der Waals surface area contributed by atoms with Gasteiger partial charge in [0.1, 0.15) is 5.60 Å². The molecule has 19 heavy (non-hydrogen) atoms. The Kier molecular flexibility index (Phi) is 4.04. The summed E-state index contributed by atoms with van der Waals surface area (Å²) in [6.07, 6.45) is 2.22. The van der Waals surface area contributed by atoms with Crippen LogP contribution in [0.4, 0.5) is 9.18 Å². The summed E-state index contributed by atoms with van der Waals surface area (Å²) >= 11 is 0. The summed E-state index contributed by atoms with van der Waals surface area (Å²) in [5.41, 5.74) is -0.866. The van der Waals surface area contributed by atoms with E-state index < -0.39 is 5.60 Å².